The molecule has 1 N–H and O–H groups in total. The lowest BCUT2D eigenvalue weighted by molar-refractivity contribution is 0.408. The molecule has 0 saturated carbocycles. The normalized spacial score (nSPS) is 10.7. The summed E-state index contributed by atoms with van der Waals surface area (Å²) in [6.45, 7) is 3.42. The number of aryl methyl sites for hydroxylation is 1. The number of hydrogen-bond donors (Lipinski definition) is 1. The standard InChI is InChI=1S/C17H19ClFNO/c1-12-9-16(19)5-3-13(12)7-8-20-11-14-10-15(18)4-6-17(14)21-2/h3-6,9-10,20H,7-8,11H2,1-2H3. The lowest BCUT2D eigenvalue weighted by Crippen LogP contribution is -2.17. The summed E-state index contributed by atoms with van der Waals surface area (Å²) >= 11 is 6.00. The summed E-state index contributed by atoms with van der Waals surface area (Å²) in [5.74, 6) is 0.637. The van der Waals surface area contributed by atoms with Gasteiger partial charge in [-0.1, -0.05) is 17.7 Å². The second kappa shape index (κ2) is 7.43. The summed E-state index contributed by atoms with van der Waals surface area (Å²) in [4.78, 5) is 0. The van der Waals surface area contributed by atoms with Crippen molar-refractivity contribution in [3.63, 3.8) is 0 Å². The van der Waals surface area contributed by atoms with Crippen molar-refractivity contribution >= 4 is 11.6 Å². The highest BCUT2D eigenvalue weighted by Gasteiger charge is 2.04. The molecule has 0 amide bonds. The molecule has 0 aliphatic carbocycles. The zero-order chi connectivity index (χ0) is 15.2. The van der Waals surface area contributed by atoms with Gasteiger partial charge in [0.2, 0.25) is 0 Å². The van der Waals surface area contributed by atoms with Gasteiger partial charge in [0.25, 0.3) is 0 Å². The quantitative estimate of drug-likeness (QED) is 0.810. The van der Waals surface area contributed by atoms with Crippen LogP contribution in [0.1, 0.15) is 16.7 Å². The first kappa shape index (κ1) is 15.8. The van der Waals surface area contributed by atoms with Gasteiger partial charge in [-0.05, 0) is 61.3 Å². The van der Waals surface area contributed by atoms with Gasteiger partial charge in [-0.25, -0.2) is 4.39 Å². The van der Waals surface area contributed by atoms with Gasteiger partial charge >= 0.3 is 0 Å². The van der Waals surface area contributed by atoms with E-state index in [0.29, 0.717) is 11.6 Å². The van der Waals surface area contributed by atoms with Crippen LogP contribution in [0.5, 0.6) is 5.75 Å². The number of benzene rings is 2. The molecule has 0 radical (unpaired) electrons. The molecular formula is C17H19ClFNO. The molecule has 0 saturated heterocycles. The Labute approximate surface area is 129 Å². The average Bonchev–Trinajstić information content (AvgIpc) is 2.45. The third-order valence-electron chi connectivity index (χ3n) is 3.43. The third kappa shape index (κ3) is 4.45. The largest absolute Gasteiger partial charge is 0.496 e. The van der Waals surface area contributed by atoms with Crippen LogP contribution in [0.25, 0.3) is 0 Å². The molecule has 0 aliphatic rings. The predicted molar refractivity (Wildman–Crippen MR) is 84.6 cm³/mol. The topological polar surface area (TPSA) is 21.3 Å². The van der Waals surface area contributed by atoms with E-state index < -0.39 is 0 Å². The van der Waals surface area contributed by atoms with Gasteiger partial charge in [-0.3, -0.25) is 0 Å². The van der Waals surface area contributed by atoms with E-state index in [-0.39, 0.29) is 5.82 Å². The van der Waals surface area contributed by atoms with Crippen molar-refractivity contribution in [2.24, 2.45) is 0 Å². The summed E-state index contributed by atoms with van der Waals surface area (Å²) in [5.41, 5.74) is 3.17. The highest BCUT2D eigenvalue weighted by molar-refractivity contribution is 6.30. The number of methoxy groups -OCH3 is 1. The Morgan fingerprint density at radius 3 is 2.67 bits per heavy atom. The predicted octanol–water partition coefficient (Wildman–Crippen LogP) is 4.13. The molecule has 0 aromatic heterocycles. The minimum Gasteiger partial charge on any atom is -0.496 e. The Balaban J connectivity index is 1.88. The van der Waals surface area contributed by atoms with Crippen LogP contribution in [0.15, 0.2) is 36.4 Å². The van der Waals surface area contributed by atoms with Crippen LogP contribution in [0.4, 0.5) is 4.39 Å². The van der Waals surface area contributed by atoms with Crippen LogP contribution in [0, 0.1) is 12.7 Å². The molecular weight excluding hydrogens is 289 g/mol. The van der Waals surface area contributed by atoms with Crippen molar-refractivity contribution in [2.75, 3.05) is 13.7 Å². The maximum atomic E-state index is 13.0. The van der Waals surface area contributed by atoms with E-state index >= 15 is 0 Å². The highest BCUT2D eigenvalue weighted by Crippen LogP contribution is 2.22. The Bertz CT molecular complexity index is 616. The molecule has 0 atom stereocenters. The van der Waals surface area contributed by atoms with Crippen LogP contribution in [0.3, 0.4) is 0 Å². The van der Waals surface area contributed by atoms with E-state index in [2.05, 4.69) is 5.32 Å². The fourth-order valence-corrected chi connectivity index (χ4v) is 2.47. The molecule has 0 fully saturated rings. The van der Waals surface area contributed by atoms with Gasteiger partial charge in [0.1, 0.15) is 11.6 Å². The van der Waals surface area contributed by atoms with Gasteiger partial charge in [-0.2, -0.15) is 0 Å². The molecule has 0 spiro atoms. The number of rotatable bonds is 6. The number of hydrogen-bond acceptors (Lipinski definition) is 2. The summed E-state index contributed by atoms with van der Waals surface area (Å²) in [6, 6.07) is 10.5. The van der Waals surface area contributed by atoms with Crippen LogP contribution < -0.4 is 10.1 Å². The van der Waals surface area contributed by atoms with Gasteiger partial charge in [0.05, 0.1) is 7.11 Å². The fourth-order valence-electron chi connectivity index (χ4n) is 2.27. The smallest absolute Gasteiger partial charge is 0.123 e. The molecule has 0 unspecified atom stereocenters. The second-order valence-electron chi connectivity index (χ2n) is 4.95. The zero-order valence-electron chi connectivity index (χ0n) is 12.2. The second-order valence-corrected chi connectivity index (χ2v) is 5.39. The average molecular weight is 308 g/mol. The minimum absolute atomic E-state index is 0.187. The monoisotopic (exact) mass is 307 g/mol. The summed E-state index contributed by atoms with van der Waals surface area (Å²) in [6.07, 6.45) is 0.856. The van der Waals surface area contributed by atoms with Gasteiger partial charge in [0.15, 0.2) is 0 Å². The highest BCUT2D eigenvalue weighted by atomic mass is 35.5. The first-order valence-electron chi connectivity index (χ1n) is 6.88. The molecule has 21 heavy (non-hydrogen) atoms. The van der Waals surface area contributed by atoms with Crippen molar-refractivity contribution in [2.45, 2.75) is 19.9 Å². The first-order valence-corrected chi connectivity index (χ1v) is 7.26. The maximum Gasteiger partial charge on any atom is 0.123 e. The van der Waals surface area contributed by atoms with E-state index in [4.69, 9.17) is 16.3 Å². The number of halogens is 2. The van der Waals surface area contributed by atoms with E-state index in [9.17, 15) is 4.39 Å². The summed E-state index contributed by atoms with van der Waals surface area (Å²) < 4.78 is 18.3. The molecule has 0 bridgehead atoms. The van der Waals surface area contributed by atoms with Crippen LogP contribution in [0.2, 0.25) is 5.02 Å². The summed E-state index contributed by atoms with van der Waals surface area (Å²) in [7, 11) is 1.65. The Morgan fingerprint density at radius 2 is 1.95 bits per heavy atom. The van der Waals surface area contributed by atoms with Crippen molar-refractivity contribution in [1.82, 2.24) is 5.32 Å². The Kier molecular flexibility index (Phi) is 5.59. The van der Waals surface area contributed by atoms with Crippen molar-refractivity contribution < 1.29 is 9.13 Å². The van der Waals surface area contributed by atoms with Crippen LogP contribution in [-0.2, 0) is 13.0 Å². The maximum absolute atomic E-state index is 13.0. The van der Waals surface area contributed by atoms with Crippen molar-refractivity contribution in [1.29, 1.82) is 0 Å². The van der Waals surface area contributed by atoms with Crippen molar-refractivity contribution in [3.8, 4) is 5.75 Å². The Hall–Kier alpha value is -1.58. The molecule has 112 valence electrons. The van der Waals surface area contributed by atoms with Gasteiger partial charge in [0, 0.05) is 17.1 Å². The molecule has 2 rings (SSSR count). The Morgan fingerprint density at radius 1 is 1.14 bits per heavy atom. The first-order chi connectivity index (χ1) is 10.1. The molecule has 4 heteroatoms. The lowest BCUT2D eigenvalue weighted by atomic mass is 10.1. The van der Waals surface area contributed by atoms with E-state index in [1.807, 2.05) is 31.2 Å². The number of ether oxygens (including phenoxy) is 1. The molecule has 0 heterocycles. The van der Waals surface area contributed by atoms with Crippen LogP contribution >= 0.6 is 11.6 Å². The molecule has 0 aliphatic heterocycles. The van der Waals surface area contributed by atoms with E-state index in [1.54, 1.807) is 13.2 Å². The van der Waals surface area contributed by atoms with Crippen molar-refractivity contribution in [3.05, 3.63) is 63.9 Å². The summed E-state index contributed by atoms with van der Waals surface area (Å²) in [5, 5.41) is 4.06. The van der Waals surface area contributed by atoms with Gasteiger partial charge in [-0.15, -0.1) is 0 Å². The van der Waals surface area contributed by atoms with Crippen LogP contribution in [-0.4, -0.2) is 13.7 Å². The minimum atomic E-state index is -0.187. The third-order valence-corrected chi connectivity index (χ3v) is 3.67. The van der Waals surface area contributed by atoms with E-state index in [1.165, 1.54) is 6.07 Å². The van der Waals surface area contributed by atoms with Gasteiger partial charge < -0.3 is 10.1 Å². The SMILES string of the molecule is COc1ccc(Cl)cc1CNCCc1ccc(F)cc1C. The molecule has 2 aromatic carbocycles. The lowest BCUT2D eigenvalue weighted by Gasteiger charge is -2.11. The zero-order valence-corrected chi connectivity index (χ0v) is 13.0. The number of nitrogens with one attached hydrogen (secondary N) is 1. The molecule has 2 nitrogen and oxygen atoms in total. The molecule has 2 aromatic rings. The van der Waals surface area contributed by atoms with E-state index in [0.717, 1.165) is 35.4 Å². The fraction of sp³-hybridized carbons (Fsp3) is 0.294.